The molecule has 17 heavy (non-hydrogen) atoms. The van der Waals surface area contributed by atoms with Crippen molar-refractivity contribution < 1.29 is 18.3 Å². The Balaban J connectivity index is 2.68. The number of carboxylic acids is 1. The fraction of sp³-hybridized carbons (Fsp3) is 0.444. The number of aromatic carboxylic acids is 1. The van der Waals surface area contributed by atoms with Gasteiger partial charge in [0.05, 0.1) is 17.0 Å². The van der Waals surface area contributed by atoms with Crippen LogP contribution in [0.15, 0.2) is 11.4 Å². The third-order valence-corrected chi connectivity index (χ3v) is 3.94. The van der Waals surface area contributed by atoms with E-state index < -0.39 is 15.8 Å². The minimum atomic E-state index is -3.00. The second kappa shape index (κ2) is 5.46. The van der Waals surface area contributed by atoms with Crippen molar-refractivity contribution in [1.82, 2.24) is 9.97 Å². The van der Waals surface area contributed by atoms with Crippen molar-refractivity contribution in [3.05, 3.63) is 17.5 Å². The molecule has 0 aliphatic carbocycles. The summed E-state index contributed by atoms with van der Waals surface area (Å²) in [5.74, 6) is -0.680. The van der Waals surface area contributed by atoms with Crippen LogP contribution < -0.4 is 0 Å². The number of nitrogens with zero attached hydrogens (tertiary/aromatic N) is 2. The summed E-state index contributed by atoms with van der Waals surface area (Å²) < 4.78 is 21.8. The van der Waals surface area contributed by atoms with Crippen LogP contribution in [-0.2, 0) is 9.84 Å². The van der Waals surface area contributed by atoms with Gasteiger partial charge in [-0.2, -0.15) is 0 Å². The molecule has 8 heteroatoms. The van der Waals surface area contributed by atoms with Crippen molar-refractivity contribution in [3.63, 3.8) is 0 Å². The number of hydrogen-bond donors (Lipinski definition) is 1. The first-order valence-corrected chi connectivity index (χ1v) is 7.71. The van der Waals surface area contributed by atoms with Crippen LogP contribution in [0.25, 0.3) is 0 Å². The van der Waals surface area contributed by atoms with E-state index >= 15 is 0 Å². The maximum atomic E-state index is 10.9. The first-order chi connectivity index (χ1) is 7.79. The number of carboxylic acid groups (broad SMARTS) is 1. The van der Waals surface area contributed by atoms with Gasteiger partial charge in [-0.25, -0.2) is 23.2 Å². The number of carbonyl (C=O) groups is 1. The lowest BCUT2D eigenvalue weighted by atomic mass is 10.2. The molecular formula is C9H12N2O4S2. The van der Waals surface area contributed by atoms with Crippen molar-refractivity contribution >= 4 is 27.6 Å². The number of sulfone groups is 1. The third kappa shape index (κ3) is 4.70. The molecule has 0 fully saturated rings. The van der Waals surface area contributed by atoms with Crippen molar-refractivity contribution in [2.24, 2.45) is 0 Å². The van der Waals surface area contributed by atoms with Crippen LogP contribution in [-0.4, -0.2) is 47.2 Å². The van der Waals surface area contributed by atoms with E-state index in [9.17, 15) is 13.2 Å². The van der Waals surface area contributed by atoms with Gasteiger partial charge in [0.15, 0.2) is 5.16 Å². The molecule has 94 valence electrons. The second-order valence-corrected chi connectivity index (χ2v) is 6.76. The molecule has 0 aromatic carbocycles. The number of aromatic nitrogens is 2. The molecule has 0 spiro atoms. The molecule has 0 aliphatic heterocycles. The van der Waals surface area contributed by atoms with Gasteiger partial charge >= 0.3 is 5.97 Å². The standard InChI is InChI=1S/C9H12N2O4S2/c1-6-7(8(12)13)5-10-9(11-6)16-3-4-17(2,14)15/h5H,3-4H2,1-2H3,(H,12,13). The van der Waals surface area contributed by atoms with E-state index in [0.29, 0.717) is 16.6 Å². The molecular weight excluding hydrogens is 264 g/mol. The first kappa shape index (κ1) is 13.9. The monoisotopic (exact) mass is 276 g/mol. The number of thioether (sulfide) groups is 1. The van der Waals surface area contributed by atoms with Gasteiger partial charge in [-0.3, -0.25) is 0 Å². The molecule has 0 aliphatic rings. The lowest BCUT2D eigenvalue weighted by molar-refractivity contribution is 0.0695. The molecule has 6 nitrogen and oxygen atoms in total. The summed E-state index contributed by atoms with van der Waals surface area (Å²) >= 11 is 1.19. The number of aryl methyl sites for hydroxylation is 1. The van der Waals surface area contributed by atoms with Crippen LogP contribution in [0.5, 0.6) is 0 Å². The predicted octanol–water partition coefficient (Wildman–Crippen LogP) is 0.620. The van der Waals surface area contributed by atoms with Gasteiger partial charge in [0, 0.05) is 18.2 Å². The minimum absolute atomic E-state index is 0.0424. The average molecular weight is 276 g/mol. The highest BCUT2D eigenvalue weighted by atomic mass is 32.2. The fourth-order valence-electron chi connectivity index (χ4n) is 1.01. The summed E-state index contributed by atoms with van der Waals surface area (Å²) in [7, 11) is -3.00. The van der Waals surface area contributed by atoms with E-state index in [1.807, 2.05) is 0 Å². The highest BCUT2D eigenvalue weighted by Gasteiger charge is 2.10. The van der Waals surface area contributed by atoms with E-state index in [1.165, 1.54) is 18.0 Å². The molecule has 0 radical (unpaired) electrons. The summed E-state index contributed by atoms with van der Waals surface area (Å²) in [6, 6.07) is 0. The molecule has 1 rings (SSSR count). The zero-order valence-electron chi connectivity index (χ0n) is 9.37. The van der Waals surface area contributed by atoms with E-state index in [4.69, 9.17) is 5.11 Å². The quantitative estimate of drug-likeness (QED) is 0.622. The smallest absolute Gasteiger partial charge is 0.339 e. The van der Waals surface area contributed by atoms with Gasteiger partial charge in [0.2, 0.25) is 0 Å². The van der Waals surface area contributed by atoms with Gasteiger partial charge in [-0.15, -0.1) is 0 Å². The van der Waals surface area contributed by atoms with E-state index in [1.54, 1.807) is 6.92 Å². The Hall–Kier alpha value is -1.15. The molecule has 0 saturated carbocycles. The Morgan fingerprint density at radius 3 is 2.65 bits per heavy atom. The summed E-state index contributed by atoms with van der Waals surface area (Å²) in [6.07, 6.45) is 2.39. The van der Waals surface area contributed by atoms with Crippen molar-refractivity contribution in [3.8, 4) is 0 Å². The number of hydrogen-bond acceptors (Lipinski definition) is 6. The lowest BCUT2D eigenvalue weighted by Crippen LogP contribution is -2.07. The maximum Gasteiger partial charge on any atom is 0.339 e. The van der Waals surface area contributed by atoms with Crippen LogP contribution in [0, 0.1) is 6.92 Å². The number of rotatable bonds is 5. The topological polar surface area (TPSA) is 97.2 Å². The largest absolute Gasteiger partial charge is 0.478 e. The third-order valence-electron chi connectivity index (χ3n) is 1.87. The lowest BCUT2D eigenvalue weighted by Gasteiger charge is -2.02. The van der Waals surface area contributed by atoms with Crippen LogP contribution in [0.3, 0.4) is 0 Å². The molecule has 0 amide bonds. The van der Waals surface area contributed by atoms with Crippen LogP contribution >= 0.6 is 11.8 Å². The highest BCUT2D eigenvalue weighted by Crippen LogP contribution is 2.14. The average Bonchev–Trinajstić information content (AvgIpc) is 2.15. The Labute approximate surface area is 103 Å². The van der Waals surface area contributed by atoms with Gasteiger partial charge in [-0.05, 0) is 6.92 Å². The summed E-state index contributed by atoms with van der Waals surface area (Å²) in [6.45, 7) is 1.58. The Morgan fingerprint density at radius 2 is 2.18 bits per heavy atom. The maximum absolute atomic E-state index is 10.9. The zero-order valence-corrected chi connectivity index (χ0v) is 11.0. The molecule has 0 unspecified atom stereocenters. The predicted molar refractivity (Wildman–Crippen MR) is 64.2 cm³/mol. The molecule has 1 N–H and O–H groups in total. The summed E-state index contributed by atoms with van der Waals surface area (Å²) in [5.41, 5.74) is 0.423. The normalized spacial score (nSPS) is 11.4. The van der Waals surface area contributed by atoms with E-state index in [0.717, 1.165) is 6.26 Å². The Morgan fingerprint density at radius 1 is 1.53 bits per heavy atom. The molecule has 1 aromatic rings. The van der Waals surface area contributed by atoms with Crippen molar-refractivity contribution in [2.45, 2.75) is 12.1 Å². The molecule has 1 heterocycles. The fourth-order valence-corrected chi connectivity index (χ4v) is 3.07. The van der Waals surface area contributed by atoms with Crippen LogP contribution in [0.2, 0.25) is 0 Å². The zero-order chi connectivity index (χ0) is 13.1. The van der Waals surface area contributed by atoms with E-state index in [2.05, 4.69) is 9.97 Å². The minimum Gasteiger partial charge on any atom is -0.478 e. The summed E-state index contributed by atoms with van der Waals surface area (Å²) in [5, 5.41) is 9.16. The first-order valence-electron chi connectivity index (χ1n) is 4.67. The van der Waals surface area contributed by atoms with Crippen molar-refractivity contribution in [1.29, 1.82) is 0 Å². The molecule has 0 atom stereocenters. The second-order valence-electron chi connectivity index (χ2n) is 3.44. The molecule has 0 bridgehead atoms. The van der Waals surface area contributed by atoms with Gasteiger partial charge in [0.25, 0.3) is 0 Å². The molecule has 0 saturated heterocycles. The van der Waals surface area contributed by atoms with Crippen LogP contribution in [0.4, 0.5) is 0 Å². The molecule has 1 aromatic heterocycles. The van der Waals surface area contributed by atoms with Gasteiger partial charge in [-0.1, -0.05) is 11.8 Å². The highest BCUT2D eigenvalue weighted by molar-refractivity contribution is 8.00. The van der Waals surface area contributed by atoms with Gasteiger partial charge < -0.3 is 5.11 Å². The summed E-state index contributed by atoms with van der Waals surface area (Å²) in [4.78, 5) is 18.6. The van der Waals surface area contributed by atoms with Crippen LogP contribution in [0.1, 0.15) is 16.1 Å². The van der Waals surface area contributed by atoms with Gasteiger partial charge in [0.1, 0.15) is 9.84 Å². The Kier molecular flexibility index (Phi) is 4.47. The Bertz CT molecular complexity index is 528. The SMILES string of the molecule is Cc1nc(SCCS(C)(=O)=O)ncc1C(=O)O. The van der Waals surface area contributed by atoms with Crippen molar-refractivity contribution in [2.75, 3.05) is 17.8 Å². The van der Waals surface area contributed by atoms with E-state index in [-0.39, 0.29) is 11.3 Å².